The maximum absolute atomic E-state index is 6.05. The molecule has 1 nitrogen and oxygen atoms in total. The van der Waals surface area contributed by atoms with Crippen LogP contribution in [0.25, 0.3) is 6.08 Å². The van der Waals surface area contributed by atoms with Crippen LogP contribution in [0.2, 0.25) is 10.3 Å². The van der Waals surface area contributed by atoms with E-state index in [0.29, 0.717) is 21.6 Å². The predicted molar refractivity (Wildman–Crippen MR) is 70.3 cm³/mol. The summed E-state index contributed by atoms with van der Waals surface area (Å²) in [5, 5.41) is 1.18. The van der Waals surface area contributed by atoms with E-state index < -0.39 is 0 Å². The Morgan fingerprint density at radius 1 is 1.19 bits per heavy atom. The van der Waals surface area contributed by atoms with Gasteiger partial charge in [-0.1, -0.05) is 35.4 Å². The van der Waals surface area contributed by atoms with Crippen LogP contribution in [-0.2, 0) is 0 Å². The van der Waals surface area contributed by atoms with E-state index in [2.05, 4.69) is 11.1 Å². The minimum Gasteiger partial charge on any atom is -0.224 e. The summed E-state index contributed by atoms with van der Waals surface area (Å²) in [6, 6.07) is 3.61. The summed E-state index contributed by atoms with van der Waals surface area (Å²) in [4.78, 5) is 3.90. The first-order valence-electron chi connectivity index (χ1n) is 5.29. The van der Waals surface area contributed by atoms with Gasteiger partial charge in [-0.25, -0.2) is 4.98 Å². The van der Waals surface area contributed by atoms with Gasteiger partial charge >= 0.3 is 0 Å². The Kier molecular flexibility index (Phi) is 4.12. The second-order valence-electron chi connectivity index (χ2n) is 4.08. The molecule has 1 heterocycles. The topological polar surface area (TPSA) is 12.9 Å². The Morgan fingerprint density at radius 2 is 1.88 bits per heavy atom. The normalized spacial score (nSPS) is 25.4. The fourth-order valence-corrected chi connectivity index (χ4v) is 2.79. The molecule has 86 valence electrons. The molecule has 4 heteroatoms. The van der Waals surface area contributed by atoms with Crippen LogP contribution in [0.15, 0.2) is 18.2 Å². The van der Waals surface area contributed by atoms with Gasteiger partial charge in [0.1, 0.15) is 10.3 Å². The molecule has 0 aromatic carbocycles. The molecule has 0 bridgehead atoms. The molecule has 0 unspecified atom stereocenters. The minimum absolute atomic E-state index is 0.333. The number of allylic oxidation sites excluding steroid dienone is 1. The van der Waals surface area contributed by atoms with Crippen LogP contribution in [0.4, 0.5) is 0 Å². The van der Waals surface area contributed by atoms with Crippen molar-refractivity contribution in [3.63, 3.8) is 0 Å². The molecule has 1 aliphatic rings. The number of hydrogen-bond acceptors (Lipinski definition) is 1. The third kappa shape index (κ3) is 3.38. The Labute approximate surface area is 110 Å². The molecule has 0 amide bonds. The zero-order chi connectivity index (χ0) is 11.5. The monoisotopic (exact) mass is 275 g/mol. The smallest absolute Gasteiger partial charge is 0.131 e. The quantitative estimate of drug-likeness (QED) is 0.558. The summed E-state index contributed by atoms with van der Waals surface area (Å²) >= 11 is 17.7. The molecule has 1 aromatic rings. The second kappa shape index (κ2) is 5.39. The van der Waals surface area contributed by atoms with Crippen LogP contribution in [-0.4, -0.2) is 10.4 Å². The standard InChI is InChI=1S/C12H12Cl3N/c13-10-4-3-8(5-10)1-2-9-6-11(14)16-12(15)7-9/h1-2,6-8,10H,3-5H2/b2-1+/t8-,10+/m0/s1. The van der Waals surface area contributed by atoms with Gasteiger partial charge in [0.2, 0.25) is 0 Å². The lowest BCUT2D eigenvalue weighted by molar-refractivity contribution is 0.690. The van der Waals surface area contributed by atoms with Crippen molar-refractivity contribution in [3.05, 3.63) is 34.1 Å². The summed E-state index contributed by atoms with van der Waals surface area (Å²) in [5.41, 5.74) is 0.989. The number of halogens is 3. The Bertz CT molecular complexity index is 383. The highest BCUT2D eigenvalue weighted by Gasteiger charge is 2.20. The Morgan fingerprint density at radius 3 is 2.44 bits per heavy atom. The third-order valence-corrected chi connectivity index (χ3v) is 3.54. The Hall–Kier alpha value is -0.240. The molecule has 1 aromatic heterocycles. The van der Waals surface area contributed by atoms with Crippen molar-refractivity contribution in [1.29, 1.82) is 0 Å². The van der Waals surface area contributed by atoms with Crippen molar-refractivity contribution < 1.29 is 0 Å². The maximum Gasteiger partial charge on any atom is 0.131 e. The summed E-state index contributed by atoms with van der Waals surface area (Å²) < 4.78 is 0. The fourth-order valence-electron chi connectivity index (χ4n) is 1.96. The van der Waals surface area contributed by atoms with Gasteiger partial charge in [0, 0.05) is 5.38 Å². The highest BCUT2D eigenvalue weighted by atomic mass is 35.5. The van der Waals surface area contributed by atoms with E-state index in [1.165, 1.54) is 0 Å². The van der Waals surface area contributed by atoms with Crippen molar-refractivity contribution in [2.75, 3.05) is 0 Å². The molecule has 1 fully saturated rings. The lowest BCUT2D eigenvalue weighted by Crippen LogP contribution is -1.90. The van der Waals surface area contributed by atoms with Gasteiger partial charge < -0.3 is 0 Å². The first-order valence-corrected chi connectivity index (χ1v) is 6.48. The molecule has 2 rings (SSSR count). The van der Waals surface area contributed by atoms with E-state index in [4.69, 9.17) is 34.8 Å². The van der Waals surface area contributed by atoms with E-state index in [9.17, 15) is 0 Å². The number of hydrogen-bond donors (Lipinski definition) is 0. The number of alkyl halides is 1. The average Bonchev–Trinajstić information content (AvgIpc) is 2.60. The minimum atomic E-state index is 0.333. The number of aromatic nitrogens is 1. The first-order chi connectivity index (χ1) is 7.63. The van der Waals surface area contributed by atoms with Crippen molar-refractivity contribution in [1.82, 2.24) is 4.98 Å². The molecule has 0 aliphatic heterocycles. The number of pyridine rings is 1. The number of rotatable bonds is 2. The summed E-state index contributed by atoms with van der Waals surface area (Å²) in [7, 11) is 0. The number of nitrogens with zero attached hydrogens (tertiary/aromatic N) is 1. The summed E-state index contributed by atoms with van der Waals surface area (Å²) in [6.45, 7) is 0. The zero-order valence-electron chi connectivity index (χ0n) is 8.67. The van der Waals surface area contributed by atoms with Crippen LogP contribution >= 0.6 is 34.8 Å². The maximum atomic E-state index is 6.05. The van der Waals surface area contributed by atoms with Gasteiger partial charge in [-0.05, 0) is 42.9 Å². The molecule has 0 spiro atoms. The van der Waals surface area contributed by atoms with Crippen LogP contribution in [0.5, 0.6) is 0 Å². The van der Waals surface area contributed by atoms with E-state index in [-0.39, 0.29) is 0 Å². The molecular weight excluding hydrogens is 264 g/mol. The van der Waals surface area contributed by atoms with Crippen LogP contribution < -0.4 is 0 Å². The van der Waals surface area contributed by atoms with Crippen molar-refractivity contribution >= 4 is 40.9 Å². The van der Waals surface area contributed by atoms with Crippen LogP contribution in [0.1, 0.15) is 24.8 Å². The SMILES string of the molecule is Clc1cc(/C=C/[C@H]2CC[C@@H](Cl)C2)cc(Cl)n1. The molecule has 0 saturated heterocycles. The van der Waals surface area contributed by atoms with Crippen molar-refractivity contribution in [2.24, 2.45) is 5.92 Å². The first kappa shape index (κ1) is 12.2. The van der Waals surface area contributed by atoms with Gasteiger partial charge in [0.05, 0.1) is 0 Å². The van der Waals surface area contributed by atoms with Crippen molar-refractivity contribution in [2.45, 2.75) is 24.6 Å². The Balaban J connectivity index is 2.05. The van der Waals surface area contributed by atoms with Gasteiger partial charge in [-0.2, -0.15) is 0 Å². The van der Waals surface area contributed by atoms with Gasteiger partial charge in [-0.3, -0.25) is 0 Å². The molecular formula is C12H12Cl3N. The third-order valence-electron chi connectivity index (χ3n) is 2.76. The lowest BCUT2D eigenvalue weighted by atomic mass is 10.1. The van der Waals surface area contributed by atoms with Crippen molar-refractivity contribution in [3.8, 4) is 0 Å². The molecule has 1 aliphatic carbocycles. The van der Waals surface area contributed by atoms with Gasteiger partial charge in [0.25, 0.3) is 0 Å². The highest BCUT2D eigenvalue weighted by molar-refractivity contribution is 6.32. The molecule has 2 atom stereocenters. The largest absolute Gasteiger partial charge is 0.224 e. The molecule has 0 N–H and O–H groups in total. The van der Waals surface area contributed by atoms with E-state index in [1.807, 2.05) is 6.08 Å². The average molecular weight is 277 g/mol. The summed E-state index contributed by atoms with van der Waals surface area (Å²) in [6.07, 6.45) is 7.56. The molecule has 16 heavy (non-hydrogen) atoms. The second-order valence-corrected chi connectivity index (χ2v) is 5.47. The molecule has 0 radical (unpaired) electrons. The molecule has 1 saturated carbocycles. The predicted octanol–water partition coefficient (Wildman–Crippen LogP) is 4.81. The fraction of sp³-hybridized carbons (Fsp3) is 0.417. The summed E-state index contributed by atoms with van der Waals surface area (Å²) in [5.74, 6) is 0.577. The van der Waals surface area contributed by atoms with E-state index in [1.54, 1.807) is 12.1 Å². The highest BCUT2D eigenvalue weighted by Crippen LogP contribution is 2.30. The van der Waals surface area contributed by atoms with Gasteiger partial charge in [0.15, 0.2) is 0 Å². The van der Waals surface area contributed by atoms with Crippen LogP contribution in [0, 0.1) is 5.92 Å². The zero-order valence-corrected chi connectivity index (χ0v) is 10.9. The van der Waals surface area contributed by atoms with Crippen LogP contribution in [0.3, 0.4) is 0 Å². The van der Waals surface area contributed by atoms with E-state index >= 15 is 0 Å². The van der Waals surface area contributed by atoms with Gasteiger partial charge in [-0.15, -0.1) is 11.6 Å². The lowest BCUT2D eigenvalue weighted by Gasteiger charge is -2.01. The van der Waals surface area contributed by atoms with E-state index in [0.717, 1.165) is 24.8 Å².